The molecule has 0 aromatic carbocycles. The Hall–Kier alpha value is -0.520. The summed E-state index contributed by atoms with van der Waals surface area (Å²) in [5.41, 5.74) is 0. The fourth-order valence-corrected chi connectivity index (χ4v) is 0.780. The molecule has 0 fully saturated rings. The van der Waals surface area contributed by atoms with Gasteiger partial charge in [-0.1, -0.05) is 41.5 Å². The third-order valence-electron chi connectivity index (χ3n) is 1.33. The Morgan fingerprint density at radius 1 is 0.625 bits per heavy atom. The van der Waals surface area contributed by atoms with E-state index in [1.807, 2.05) is 27.7 Å². The lowest BCUT2D eigenvalue weighted by Gasteiger charge is -2.03. The Labute approximate surface area is 105 Å². The second-order valence-electron chi connectivity index (χ2n) is 2.50. The third kappa shape index (κ3) is 50.0. The Bertz CT molecular complexity index is 72.0. The molecule has 100 valence electrons. The maximum absolute atomic E-state index is 4.00. The summed E-state index contributed by atoms with van der Waals surface area (Å²) < 4.78 is 0. The van der Waals surface area contributed by atoms with Crippen molar-refractivity contribution < 1.29 is 0 Å². The quantitative estimate of drug-likeness (QED) is 0.518. The molecule has 0 bridgehead atoms. The Kier molecular flexibility index (Phi) is 72.4. The summed E-state index contributed by atoms with van der Waals surface area (Å²) in [6, 6.07) is 0. The molecular weight excluding hydrogens is 196 g/mol. The molecule has 0 saturated carbocycles. The minimum absolute atomic E-state index is 1.10. The standard InChI is InChI=1S/C8H20N2.2C2H6.C2H2/c1-3-5-9-7-8-10-6-4-2;3*1-2/h9-10H,3-8H2,1-2H3;2*1-2H3;1-2H. The van der Waals surface area contributed by atoms with Gasteiger partial charge in [-0.05, 0) is 25.9 Å². The topological polar surface area (TPSA) is 24.1 Å². The summed E-state index contributed by atoms with van der Waals surface area (Å²) in [7, 11) is 0. The minimum Gasteiger partial charge on any atom is -0.315 e. The molecule has 0 rings (SSSR count). The van der Waals surface area contributed by atoms with Crippen molar-refractivity contribution in [3.8, 4) is 12.8 Å². The van der Waals surface area contributed by atoms with Crippen molar-refractivity contribution in [1.82, 2.24) is 10.6 Å². The zero-order valence-electron chi connectivity index (χ0n) is 12.4. The Morgan fingerprint density at radius 2 is 0.875 bits per heavy atom. The number of terminal acetylenes is 1. The van der Waals surface area contributed by atoms with Gasteiger partial charge in [-0.2, -0.15) is 0 Å². The molecule has 0 amide bonds. The molecule has 0 radical (unpaired) electrons. The fraction of sp³-hybridized carbons (Fsp3) is 0.857. The number of hydrogen-bond acceptors (Lipinski definition) is 2. The van der Waals surface area contributed by atoms with Crippen LogP contribution in [0, 0.1) is 12.8 Å². The summed E-state index contributed by atoms with van der Waals surface area (Å²) in [5, 5.41) is 6.66. The van der Waals surface area contributed by atoms with Crippen LogP contribution in [0.1, 0.15) is 54.4 Å². The first kappa shape index (κ1) is 24.6. The third-order valence-corrected chi connectivity index (χ3v) is 1.33. The van der Waals surface area contributed by atoms with Crippen LogP contribution in [0.15, 0.2) is 0 Å². The monoisotopic (exact) mass is 230 g/mol. The predicted octanol–water partition coefficient (Wildman–Crippen LogP) is 3.29. The molecule has 0 aliphatic heterocycles. The molecule has 0 aromatic heterocycles. The smallest absolute Gasteiger partial charge is 0.00767 e. The first-order valence-electron chi connectivity index (χ1n) is 6.66. The van der Waals surface area contributed by atoms with Crippen molar-refractivity contribution in [1.29, 1.82) is 0 Å². The van der Waals surface area contributed by atoms with E-state index < -0.39 is 0 Å². The van der Waals surface area contributed by atoms with E-state index in [9.17, 15) is 0 Å². The molecule has 0 saturated heterocycles. The molecule has 0 heterocycles. The normalized spacial score (nSPS) is 7.25. The maximum Gasteiger partial charge on any atom is 0.00767 e. The Balaban J connectivity index is -0.000000103. The zero-order valence-corrected chi connectivity index (χ0v) is 12.4. The van der Waals surface area contributed by atoms with Gasteiger partial charge in [0.1, 0.15) is 0 Å². The predicted molar refractivity (Wildman–Crippen MR) is 78.9 cm³/mol. The van der Waals surface area contributed by atoms with Gasteiger partial charge in [0, 0.05) is 13.1 Å². The van der Waals surface area contributed by atoms with Gasteiger partial charge in [-0.25, -0.2) is 0 Å². The van der Waals surface area contributed by atoms with E-state index in [0.717, 1.165) is 26.2 Å². The molecule has 0 aliphatic rings. The Morgan fingerprint density at radius 3 is 1.06 bits per heavy atom. The van der Waals surface area contributed by atoms with Gasteiger partial charge in [-0.15, -0.1) is 12.8 Å². The van der Waals surface area contributed by atoms with Gasteiger partial charge >= 0.3 is 0 Å². The lowest BCUT2D eigenvalue weighted by atomic mass is 10.4. The summed E-state index contributed by atoms with van der Waals surface area (Å²) in [6.45, 7) is 16.9. The molecule has 0 aliphatic carbocycles. The lowest BCUT2D eigenvalue weighted by Crippen LogP contribution is -2.28. The van der Waals surface area contributed by atoms with Gasteiger partial charge in [-0.3, -0.25) is 0 Å². The number of nitrogens with one attached hydrogen (secondary N) is 2. The highest BCUT2D eigenvalue weighted by Gasteiger charge is 1.83. The van der Waals surface area contributed by atoms with Crippen LogP contribution in [0.25, 0.3) is 0 Å². The lowest BCUT2D eigenvalue weighted by molar-refractivity contribution is 0.603. The molecule has 2 nitrogen and oxygen atoms in total. The summed E-state index contributed by atoms with van der Waals surface area (Å²) in [6.07, 6.45) is 10.5. The van der Waals surface area contributed by atoms with Crippen LogP contribution < -0.4 is 10.6 Å². The van der Waals surface area contributed by atoms with Crippen LogP contribution in [0.4, 0.5) is 0 Å². The van der Waals surface area contributed by atoms with Crippen LogP contribution in [0.3, 0.4) is 0 Å². The van der Waals surface area contributed by atoms with E-state index in [4.69, 9.17) is 0 Å². The molecular formula is C14H34N2. The van der Waals surface area contributed by atoms with Crippen LogP contribution in [-0.4, -0.2) is 26.2 Å². The van der Waals surface area contributed by atoms with E-state index in [1.54, 1.807) is 0 Å². The van der Waals surface area contributed by atoms with Crippen molar-refractivity contribution in [2.24, 2.45) is 0 Å². The van der Waals surface area contributed by atoms with Crippen molar-refractivity contribution in [3.63, 3.8) is 0 Å². The van der Waals surface area contributed by atoms with E-state index in [1.165, 1.54) is 12.8 Å². The number of rotatable bonds is 7. The summed E-state index contributed by atoms with van der Waals surface area (Å²) >= 11 is 0. The van der Waals surface area contributed by atoms with Gasteiger partial charge in [0.2, 0.25) is 0 Å². The average molecular weight is 230 g/mol. The van der Waals surface area contributed by atoms with Gasteiger partial charge in [0.25, 0.3) is 0 Å². The largest absolute Gasteiger partial charge is 0.315 e. The fourth-order valence-electron chi connectivity index (χ4n) is 0.780. The molecule has 16 heavy (non-hydrogen) atoms. The first-order chi connectivity index (χ1) is 7.91. The summed E-state index contributed by atoms with van der Waals surface area (Å²) in [5.74, 6) is 0. The molecule has 0 atom stereocenters. The SMILES string of the molecule is C#C.CC.CC.CCCNCCNCCC. The zero-order chi connectivity index (χ0) is 13.7. The molecule has 0 spiro atoms. The highest BCUT2D eigenvalue weighted by molar-refractivity contribution is 4.49. The van der Waals surface area contributed by atoms with Gasteiger partial charge < -0.3 is 10.6 Å². The number of hydrogen-bond donors (Lipinski definition) is 2. The second kappa shape index (κ2) is 47.0. The second-order valence-corrected chi connectivity index (χ2v) is 2.50. The summed E-state index contributed by atoms with van der Waals surface area (Å²) in [4.78, 5) is 0. The van der Waals surface area contributed by atoms with Crippen molar-refractivity contribution >= 4 is 0 Å². The molecule has 0 unspecified atom stereocenters. The highest BCUT2D eigenvalue weighted by atomic mass is 14.9. The minimum atomic E-state index is 1.10. The molecule has 2 N–H and O–H groups in total. The first-order valence-corrected chi connectivity index (χ1v) is 6.66. The molecule has 0 aromatic rings. The highest BCUT2D eigenvalue weighted by Crippen LogP contribution is 1.70. The van der Waals surface area contributed by atoms with Gasteiger partial charge in [0.05, 0.1) is 0 Å². The van der Waals surface area contributed by atoms with E-state index in [-0.39, 0.29) is 0 Å². The van der Waals surface area contributed by atoms with Crippen LogP contribution >= 0.6 is 0 Å². The van der Waals surface area contributed by atoms with Crippen LogP contribution in [0.5, 0.6) is 0 Å². The van der Waals surface area contributed by atoms with Crippen molar-refractivity contribution in [2.45, 2.75) is 54.4 Å². The average Bonchev–Trinajstić information content (AvgIpc) is 2.41. The maximum atomic E-state index is 4.00. The van der Waals surface area contributed by atoms with Crippen LogP contribution in [-0.2, 0) is 0 Å². The van der Waals surface area contributed by atoms with Gasteiger partial charge in [0.15, 0.2) is 0 Å². The van der Waals surface area contributed by atoms with Crippen molar-refractivity contribution in [3.05, 3.63) is 0 Å². The van der Waals surface area contributed by atoms with E-state index in [2.05, 4.69) is 37.3 Å². The van der Waals surface area contributed by atoms with Crippen molar-refractivity contribution in [2.75, 3.05) is 26.2 Å². The van der Waals surface area contributed by atoms with Crippen LogP contribution in [0.2, 0.25) is 0 Å². The van der Waals surface area contributed by atoms with E-state index in [0.29, 0.717) is 0 Å². The molecule has 2 heteroatoms. The van der Waals surface area contributed by atoms with E-state index >= 15 is 0 Å².